The summed E-state index contributed by atoms with van der Waals surface area (Å²) >= 11 is 7.97. The monoisotopic (exact) mass is 549 g/mol. The Bertz CT molecular complexity index is 1330. The summed E-state index contributed by atoms with van der Waals surface area (Å²) in [6.45, 7) is 1.26. The average Bonchev–Trinajstić information content (AvgIpc) is 3.27. The summed E-state index contributed by atoms with van der Waals surface area (Å²) in [6.07, 6.45) is 4.98. The van der Waals surface area contributed by atoms with E-state index >= 15 is 0 Å². The molecule has 8 nitrogen and oxygen atoms in total. The van der Waals surface area contributed by atoms with E-state index in [-0.39, 0.29) is 33.8 Å². The van der Waals surface area contributed by atoms with Gasteiger partial charge in [0, 0.05) is 37.4 Å². The van der Waals surface area contributed by atoms with Crippen LogP contribution in [-0.4, -0.2) is 58.8 Å². The van der Waals surface area contributed by atoms with Crippen LogP contribution in [0.3, 0.4) is 0 Å². The zero-order valence-corrected chi connectivity index (χ0v) is 22.1. The van der Waals surface area contributed by atoms with E-state index in [0.29, 0.717) is 30.4 Å². The lowest BCUT2D eigenvalue weighted by molar-refractivity contribution is 0.0712. The fourth-order valence-electron chi connectivity index (χ4n) is 4.25. The lowest BCUT2D eigenvalue weighted by Crippen LogP contribution is -2.43. The number of amides is 2. The van der Waals surface area contributed by atoms with Crippen molar-refractivity contribution in [2.75, 3.05) is 31.8 Å². The molecule has 0 bridgehead atoms. The summed E-state index contributed by atoms with van der Waals surface area (Å²) in [5.41, 5.74) is 0.860. The number of hydrogen-bond donors (Lipinski definition) is 2. The second kappa shape index (κ2) is 11.5. The largest absolute Gasteiger partial charge is 0.494 e. The normalized spacial score (nSPS) is 14.1. The first-order chi connectivity index (χ1) is 17.7. The molecule has 1 fully saturated rings. The van der Waals surface area contributed by atoms with Crippen LogP contribution >= 0.6 is 23.5 Å². The number of nitrogens with zero attached hydrogens (tertiary/aromatic N) is 3. The molecule has 0 radical (unpaired) electrons. The maximum atomic E-state index is 14.6. The smallest absolute Gasteiger partial charge is 0.291 e. The van der Waals surface area contributed by atoms with Crippen LogP contribution < -0.4 is 14.8 Å². The van der Waals surface area contributed by atoms with Gasteiger partial charge in [-0.1, -0.05) is 23.5 Å². The van der Waals surface area contributed by atoms with Crippen LogP contribution in [-0.2, 0) is 7.05 Å². The third-order valence-electron chi connectivity index (χ3n) is 6.26. The first-order valence-corrected chi connectivity index (χ1v) is 13.1. The molecule has 196 valence electrons. The molecule has 1 saturated heterocycles. The van der Waals surface area contributed by atoms with Crippen molar-refractivity contribution in [3.8, 4) is 17.0 Å². The zero-order valence-electron chi connectivity index (χ0n) is 20.5. The lowest BCUT2D eigenvalue weighted by atomic mass is 10.0. The number of imidazole rings is 1. The number of carbonyl (C=O) groups excluding carboxylic acids is 2. The van der Waals surface area contributed by atoms with Crippen LogP contribution in [0.5, 0.6) is 5.75 Å². The molecular weight excluding hydrogens is 524 g/mol. The van der Waals surface area contributed by atoms with Gasteiger partial charge >= 0.3 is 0 Å². The van der Waals surface area contributed by atoms with Crippen LogP contribution in [0.2, 0.25) is 5.02 Å². The SMILES string of the molecule is COc1ccc(-c2cnc(C(=O)Nc3ccc(C(=O)N4CCC(NSC)CC4)c(Cl)c3)n2C)c(F)c1F. The number of methoxy groups -OCH3 is 1. The van der Waals surface area contributed by atoms with Crippen molar-refractivity contribution in [2.24, 2.45) is 7.05 Å². The number of aromatic nitrogens is 2. The molecule has 3 aromatic rings. The minimum Gasteiger partial charge on any atom is -0.494 e. The van der Waals surface area contributed by atoms with Crippen molar-refractivity contribution >= 4 is 41.1 Å². The maximum absolute atomic E-state index is 14.6. The molecule has 1 aliphatic rings. The summed E-state index contributed by atoms with van der Waals surface area (Å²) in [5, 5.41) is 2.90. The predicted molar refractivity (Wildman–Crippen MR) is 140 cm³/mol. The fourth-order valence-corrected chi connectivity index (χ4v) is 5.08. The topological polar surface area (TPSA) is 88.5 Å². The van der Waals surface area contributed by atoms with Crippen LogP contribution in [0.15, 0.2) is 36.5 Å². The lowest BCUT2D eigenvalue weighted by Gasteiger charge is -2.32. The Balaban J connectivity index is 1.47. The summed E-state index contributed by atoms with van der Waals surface area (Å²) in [4.78, 5) is 31.7. The molecule has 2 aromatic carbocycles. The van der Waals surface area contributed by atoms with Gasteiger partial charge in [0.15, 0.2) is 17.4 Å². The van der Waals surface area contributed by atoms with Crippen molar-refractivity contribution in [3.63, 3.8) is 0 Å². The molecule has 0 atom stereocenters. The standard InChI is InChI=1S/C25H26ClF2N5O3S/c1-32-19(17-6-7-20(36-2)22(28)21(17)27)13-29-23(32)24(34)30-15-4-5-16(18(26)12-15)25(35)33-10-8-14(9-11-33)31-37-3/h4-7,12-14,31H,8-11H2,1-3H3,(H,30,34). The molecule has 1 aromatic heterocycles. The van der Waals surface area contributed by atoms with Gasteiger partial charge in [-0.15, -0.1) is 0 Å². The number of nitrogens with one attached hydrogen (secondary N) is 2. The Morgan fingerprint density at radius 2 is 1.89 bits per heavy atom. The second-order valence-corrected chi connectivity index (χ2v) is 9.56. The average molecular weight is 550 g/mol. The first-order valence-electron chi connectivity index (χ1n) is 11.5. The highest BCUT2D eigenvalue weighted by molar-refractivity contribution is 7.96. The van der Waals surface area contributed by atoms with Gasteiger partial charge in [-0.05, 0) is 49.4 Å². The third-order valence-corrected chi connectivity index (χ3v) is 7.14. The fraction of sp³-hybridized carbons (Fsp3) is 0.320. The Labute approximate surface area is 222 Å². The number of ether oxygens (including phenoxy) is 1. The summed E-state index contributed by atoms with van der Waals surface area (Å²) < 4.78 is 38.2. The minimum atomic E-state index is -1.13. The second-order valence-electron chi connectivity index (χ2n) is 8.51. The summed E-state index contributed by atoms with van der Waals surface area (Å²) in [5.74, 6) is -3.22. The molecule has 37 heavy (non-hydrogen) atoms. The Morgan fingerprint density at radius 1 is 1.16 bits per heavy atom. The Kier molecular flexibility index (Phi) is 8.35. The van der Waals surface area contributed by atoms with E-state index in [9.17, 15) is 18.4 Å². The van der Waals surface area contributed by atoms with Gasteiger partial charge in [0.25, 0.3) is 11.8 Å². The molecule has 2 heterocycles. The van der Waals surface area contributed by atoms with Crippen molar-refractivity contribution in [1.29, 1.82) is 0 Å². The Morgan fingerprint density at radius 3 is 2.54 bits per heavy atom. The van der Waals surface area contributed by atoms with Crippen molar-refractivity contribution in [1.82, 2.24) is 19.2 Å². The van der Waals surface area contributed by atoms with E-state index < -0.39 is 17.5 Å². The van der Waals surface area contributed by atoms with E-state index in [2.05, 4.69) is 15.0 Å². The molecule has 12 heteroatoms. The van der Waals surface area contributed by atoms with Gasteiger partial charge < -0.3 is 19.5 Å². The molecule has 0 aliphatic carbocycles. The number of benzene rings is 2. The molecule has 1 aliphatic heterocycles. The number of rotatable bonds is 7. The van der Waals surface area contributed by atoms with Crippen LogP contribution in [0.25, 0.3) is 11.3 Å². The van der Waals surface area contributed by atoms with Crippen LogP contribution in [0.4, 0.5) is 14.5 Å². The summed E-state index contributed by atoms with van der Waals surface area (Å²) in [7, 11) is 2.76. The van der Waals surface area contributed by atoms with Gasteiger partial charge in [-0.2, -0.15) is 4.39 Å². The van der Waals surface area contributed by atoms with Crippen molar-refractivity contribution < 1.29 is 23.1 Å². The molecule has 2 N–H and O–H groups in total. The first kappa shape index (κ1) is 26.9. The van der Waals surface area contributed by atoms with Crippen molar-refractivity contribution in [3.05, 3.63) is 64.6 Å². The maximum Gasteiger partial charge on any atom is 0.291 e. The molecule has 4 rings (SSSR count). The van der Waals surface area contributed by atoms with E-state index in [4.69, 9.17) is 16.3 Å². The van der Waals surface area contributed by atoms with Crippen molar-refractivity contribution in [2.45, 2.75) is 18.9 Å². The number of likely N-dealkylation sites (tertiary alicyclic amines) is 1. The van der Waals surface area contributed by atoms with Gasteiger partial charge in [0.2, 0.25) is 5.82 Å². The number of hydrogen-bond acceptors (Lipinski definition) is 6. The minimum absolute atomic E-state index is 0.0244. The molecule has 2 amide bonds. The summed E-state index contributed by atoms with van der Waals surface area (Å²) in [6, 6.07) is 7.69. The third kappa shape index (κ3) is 5.58. The van der Waals surface area contributed by atoms with E-state index in [1.807, 2.05) is 6.26 Å². The molecule has 0 saturated carbocycles. The van der Waals surface area contributed by atoms with E-state index in [1.54, 1.807) is 29.0 Å². The highest BCUT2D eigenvalue weighted by atomic mass is 35.5. The van der Waals surface area contributed by atoms with E-state index in [0.717, 1.165) is 12.8 Å². The number of carbonyl (C=O) groups is 2. The molecular formula is C25H26ClF2N5O3S. The molecule has 0 unspecified atom stereocenters. The quantitative estimate of drug-likeness (QED) is 0.413. The van der Waals surface area contributed by atoms with E-state index in [1.165, 1.54) is 43.1 Å². The zero-order chi connectivity index (χ0) is 26.7. The van der Waals surface area contributed by atoms with Gasteiger partial charge in [-0.3, -0.25) is 14.3 Å². The Hall–Kier alpha value is -3.15. The highest BCUT2D eigenvalue weighted by Gasteiger charge is 2.25. The van der Waals surface area contributed by atoms with Crippen LogP contribution in [0.1, 0.15) is 33.8 Å². The number of piperidine rings is 1. The van der Waals surface area contributed by atoms with Crippen LogP contribution in [0, 0.1) is 11.6 Å². The highest BCUT2D eigenvalue weighted by Crippen LogP contribution is 2.30. The number of anilines is 1. The molecule has 0 spiro atoms. The predicted octanol–water partition coefficient (Wildman–Crippen LogP) is 4.75. The van der Waals surface area contributed by atoms with Gasteiger partial charge in [0.1, 0.15) is 0 Å². The van der Waals surface area contributed by atoms with Gasteiger partial charge in [-0.25, -0.2) is 9.37 Å². The van der Waals surface area contributed by atoms with Gasteiger partial charge in [0.05, 0.1) is 29.6 Å². The number of halogens is 3.